The van der Waals surface area contributed by atoms with Gasteiger partial charge in [-0.1, -0.05) is 0 Å². The van der Waals surface area contributed by atoms with Crippen LogP contribution in [-0.4, -0.2) is 28.6 Å². The fourth-order valence-electron chi connectivity index (χ4n) is 2.00. The summed E-state index contributed by atoms with van der Waals surface area (Å²) in [4.78, 5) is 17.2. The van der Waals surface area contributed by atoms with Gasteiger partial charge in [-0.05, 0) is 47.3 Å². The average molecular weight is 285 g/mol. The van der Waals surface area contributed by atoms with Crippen molar-refractivity contribution >= 4 is 27.7 Å². The third kappa shape index (κ3) is 1.91. The van der Waals surface area contributed by atoms with Crippen molar-refractivity contribution in [2.75, 3.05) is 11.4 Å². The Kier molecular flexibility index (Phi) is 3.14. The summed E-state index contributed by atoms with van der Waals surface area (Å²) in [6, 6.07) is 1.46. The van der Waals surface area contributed by atoms with Crippen LogP contribution in [0, 0.1) is 6.92 Å². The van der Waals surface area contributed by atoms with Crippen molar-refractivity contribution in [3.8, 4) is 0 Å². The lowest BCUT2D eigenvalue weighted by molar-refractivity contribution is -0.138. The van der Waals surface area contributed by atoms with Gasteiger partial charge in [0.2, 0.25) is 0 Å². The molecule has 4 nitrogen and oxygen atoms in total. The number of rotatable bonds is 2. The molecule has 0 aliphatic carbocycles. The molecule has 2 rings (SSSR count). The Hall–Kier alpha value is -1.10. The average Bonchev–Trinajstić information content (AvgIpc) is 2.70. The van der Waals surface area contributed by atoms with Gasteiger partial charge in [-0.2, -0.15) is 0 Å². The molecule has 0 amide bonds. The van der Waals surface area contributed by atoms with Crippen LogP contribution in [0.2, 0.25) is 0 Å². The molecule has 16 heavy (non-hydrogen) atoms. The zero-order valence-electron chi connectivity index (χ0n) is 8.98. The van der Waals surface area contributed by atoms with Crippen molar-refractivity contribution in [3.05, 3.63) is 22.3 Å². The Morgan fingerprint density at radius 3 is 3.12 bits per heavy atom. The second-order valence-electron chi connectivity index (χ2n) is 3.96. The summed E-state index contributed by atoms with van der Waals surface area (Å²) in [5, 5.41) is 9.12. The Morgan fingerprint density at radius 1 is 1.69 bits per heavy atom. The first-order chi connectivity index (χ1) is 7.61. The predicted molar refractivity (Wildman–Crippen MR) is 64.7 cm³/mol. The zero-order chi connectivity index (χ0) is 11.7. The molecular formula is C11H13BrN2O2. The summed E-state index contributed by atoms with van der Waals surface area (Å²) in [6.07, 6.45) is 3.31. The molecule has 1 saturated heterocycles. The fraction of sp³-hybridized carbons (Fsp3) is 0.455. The van der Waals surface area contributed by atoms with Gasteiger partial charge in [-0.15, -0.1) is 0 Å². The second kappa shape index (κ2) is 4.41. The van der Waals surface area contributed by atoms with Gasteiger partial charge >= 0.3 is 5.97 Å². The van der Waals surface area contributed by atoms with E-state index in [-0.39, 0.29) is 0 Å². The zero-order valence-corrected chi connectivity index (χ0v) is 10.6. The maximum absolute atomic E-state index is 11.1. The molecule has 5 heteroatoms. The highest BCUT2D eigenvalue weighted by atomic mass is 79.9. The molecule has 1 N–H and O–H groups in total. The third-order valence-electron chi connectivity index (χ3n) is 2.87. The molecule has 0 saturated carbocycles. The molecule has 0 bridgehead atoms. The molecule has 2 heterocycles. The van der Waals surface area contributed by atoms with E-state index in [0.29, 0.717) is 6.42 Å². The van der Waals surface area contributed by atoms with E-state index in [0.717, 1.165) is 28.8 Å². The number of aliphatic carboxylic acids is 1. The van der Waals surface area contributed by atoms with Crippen LogP contribution in [-0.2, 0) is 4.79 Å². The highest BCUT2D eigenvalue weighted by Gasteiger charge is 2.32. The number of hydrogen-bond donors (Lipinski definition) is 1. The first kappa shape index (κ1) is 11.4. The minimum Gasteiger partial charge on any atom is -0.480 e. The van der Waals surface area contributed by atoms with E-state index in [9.17, 15) is 4.79 Å². The van der Waals surface area contributed by atoms with Gasteiger partial charge in [0, 0.05) is 12.7 Å². The third-order valence-corrected chi connectivity index (χ3v) is 3.85. The van der Waals surface area contributed by atoms with Crippen molar-refractivity contribution in [2.45, 2.75) is 25.8 Å². The summed E-state index contributed by atoms with van der Waals surface area (Å²) in [5.41, 5.74) is 1.07. The van der Waals surface area contributed by atoms with E-state index < -0.39 is 12.0 Å². The maximum Gasteiger partial charge on any atom is 0.326 e. The van der Waals surface area contributed by atoms with E-state index in [2.05, 4.69) is 20.9 Å². The first-order valence-corrected chi connectivity index (χ1v) is 6.01. The SMILES string of the molecule is Cc1ccnc(N2CCC[C@@H]2C(=O)O)c1Br. The van der Waals surface area contributed by atoms with Gasteiger partial charge in [-0.25, -0.2) is 9.78 Å². The quantitative estimate of drug-likeness (QED) is 0.905. The van der Waals surface area contributed by atoms with E-state index in [4.69, 9.17) is 5.11 Å². The smallest absolute Gasteiger partial charge is 0.326 e. The number of hydrogen-bond acceptors (Lipinski definition) is 3. The molecule has 0 radical (unpaired) electrons. The standard InChI is InChI=1S/C11H13BrN2O2/c1-7-4-5-13-10(9(7)12)14-6-2-3-8(14)11(15)16/h4-5,8H,2-3,6H2,1H3,(H,15,16)/t8-/m1/s1. The van der Waals surface area contributed by atoms with Crippen LogP contribution in [0.3, 0.4) is 0 Å². The second-order valence-corrected chi connectivity index (χ2v) is 4.75. The van der Waals surface area contributed by atoms with Crippen LogP contribution in [0.1, 0.15) is 18.4 Å². The first-order valence-electron chi connectivity index (χ1n) is 5.22. The number of anilines is 1. The lowest BCUT2D eigenvalue weighted by Crippen LogP contribution is -2.36. The van der Waals surface area contributed by atoms with Crippen LogP contribution >= 0.6 is 15.9 Å². The van der Waals surface area contributed by atoms with E-state index in [1.807, 2.05) is 17.9 Å². The van der Waals surface area contributed by atoms with Crippen molar-refractivity contribution in [3.63, 3.8) is 0 Å². The Bertz CT molecular complexity index is 422. The van der Waals surface area contributed by atoms with Crippen LogP contribution < -0.4 is 4.90 Å². The lowest BCUT2D eigenvalue weighted by Gasteiger charge is -2.23. The van der Waals surface area contributed by atoms with Crippen molar-refractivity contribution in [1.82, 2.24) is 4.98 Å². The molecule has 1 aliphatic heterocycles. The van der Waals surface area contributed by atoms with Crippen molar-refractivity contribution in [1.29, 1.82) is 0 Å². The number of aromatic nitrogens is 1. The number of halogens is 1. The summed E-state index contributed by atoms with van der Waals surface area (Å²) < 4.78 is 0.892. The van der Waals surface area contributed by atoms with Crippen LogP contribution in [0.15, 0.2) is 16.7 Å². The largest absolute Gasteiger partial charge is 0.480 e. The molecule has 1 aliphatic rings. The Morgan fingerprint density at radius 2 is 2.44 bits per heavy atom. The number of pyridine rings is 1. The molecule has 86 valence electrons. The molecule has 0 unspecified atom stereocenters. The maximum atomic E-state index is 11.1. The minimum atomic E-state index is -0.771. The molecule has 1 atom stereocenters. The molecule has 0 spiro atoms. The normalized spacial score (nSPS) is 20.1. The number of carboxylic acids is 1. The highest BCUT2D eigenvalue weighted by molar-refractivity contribution is 9.10. The number of carbonyl (C=O) groups is 1. The molecule has 1 aromatic rings. The van der Waals surface area contributed by atoms with E-state index in [1.54, 1.807) is 6.20 Å². The minimum absolute atomic E-state index is 0.439. The van der Waals surface area contributed by atoms with Crippen LogP contribution in [0.25, 0.3) is 0 Å². The molecule has 1 fully saturated rings. The summed E-state index contributed by atoms with van der Waals surface area (Å²) in [5.74, 6) is -0.0300. The van der Waals surface area contributed by atoms with Gasteiger partial charge in [-0.3, -0.25) is 0 Å². The molecule has 1 aromatic heterocycles. The Balaban J connectivity index is 2.36. The summed E-state index contributed by atoms with van der Waals surface area (Å²) in [7, 11) is 0. The van der Waals surface area contributed by atoms with Crippen LogP contribution in [0.4, 0.5) is 5.82 Å². The van der Waals surface area contributed by atoms with Crippen LogP contribution in [0.5, 0.6) is 0 Å². The molecular weight excluding hydrogens is 272 g/mol. The van der Waals surface area contributed by atoms with Gasteiger partial charge < -0.3 is 10.0 Å². The Labute approximate surface area is 102 Å². The van der Waals surface area contributed by atoms with Gasteiger partial charge in [0.25, 0.3) is 0 Å². The van der Waals surface area contributed by atoms with Gasteiger partial charge in [0.1, 0.15) is 11.9 Å². The number of nitrogens with zero attached hydrogens (tertiary/aromatic N) is 2. The van der Waals surface area contributed by atoms with E-state index >= 15 is 0 Å². The van der Waals surface area contributed by atoms with Gasteiger partial charge in [0.05, 0.1) is 4.47 Å². The predicted octanol–water partition coefficient (Wildman–Crippen LogP) is 2.21. The summed E-state index contributed by atoms with van der Waals surface area (Å²) >= 11 is 3.47. The van der Waals surface area contributed by atoms with Gasteiger partial charge in [0.15, 0.2) is 0 Å². The van der Waals surface area contributed by atoms with E-state index in [1.165, 1.54) is 0 Å². The monoisotopic (exact) mass is 284 g/mol. The number of aryl methyl sites for hydroxylation is 1. The summed E-state index contributed by atoms with van der Waals surface area (Å²) in [6.45, 7) is 2.73. The molecule has 0 aromatic carbocycles. The topological polar surface area (TPSA) is 53.4 Å². The highest BCUT2D eigenvalue weighted by Crippen LogP contribution is 2.32. The van der Waals surface area contributed by atoms with Crippen molar-refractivity contribution in [2.24, 2.45) is 0 Å². The fourth-order valence-corrected chi connectivity index (χ4v) is 2.47. The van der Waals surface area contributed by atoms with Crippen molar-refractivity contribution < 1.29 is 9.90 Å². The lowest BCUT2D eigenvalue weighted by atomic mass is 10.2. The number of carboxylic acid groups (broad SMARTS) is 1.